The summed E-state index contributed by atoms with van der Waals surface area (Å²) in [5.41, 5.74) is 0.435. The predicted molar refractivity (Wildman–Crippen MR) is 105 cm³/mol. The maximum absolute atomic E-state index is 14.5. The van der Waals surface area contributed by atoms with Crippen molar-refractivity contribution in [3.05, 3.63) is 69.9 Å². The summed E-state index contributed by atoms with van der Waals surface area (Å²) in [7, 11) is 0. The number of fused-ring (bicyclic) bond motifs is 3. The van der Waals surface area contributed by atoms with Gasteiger partial charge in [0.2, 0.25) is 5.88 Å². The number of anilines is 1. The predicted octanol–water partition coefficient (Wildman–Crippen LogP) is 2.77. The SMILES string of the molecule is Cc1cc(Oc2c(F)cc(COc3cc4n(c(=O)n3)CC3OCCN43)cc2F)ccn1. The smallest absolute Gasteiger partial charge is 0.352 e. The van der Waals surface area contributed by atoms with E-state index in [1.165, 1.54) is 16.8 Å². The highest BCUT2D eigenvalue weighted by atomic mass is 19.1. The normalized spacial score (nSPS) is 16.9. The molecule has 5 rings (SSSR count). The lowest BCUT2D eigenvalue weighted by Gasteiger charge is -2.15. The molecular formula is C21H18F2N4O4. The topological polar surface area (TPSA) is 78.7 Å². The number of benzene rings is 1. The van der Waals surface area contributed by atoms with Gasteiger partial charge in [-0.3, -0.25) is 9.55 Å². The van der Waals surface area contributed by atoms with Crippen molar-refractivity contribution < 1.29 is 23.0 Å². The van der Waals surface area contributed by atoms with Crippen LogP contribution in [0, 0.1) is 18.6 Å². The fraction of sp³-hybridized carbons (Fsp3) is 0.286. The molecule has 4 heterocycles. The summed E-state index contributed by atoms with van der Waals surface area (Å²) < 4.78 is 47.0. The van der Waals surface area contributed by atoms with Crippen molar-refractivity contribution in [3.8, 4) is 17.4 Å². The van der Waals surface area contributed by atoms with E-state index in [1.54, 1.807) is 19.1 Å². The zero-order chi connectivity index (χ0) is 21.5. The van der Waals surface area contributed by atoms with E-state index in [4.69, 9.17) is 14.2 Å². The van der Waals surface area contributed by atoms with Gasteiger partial charge in [0, 0.05) is 30.6 Å². The Hall–Kier alpha value is -3.53. The van der Waals surface area contributed by atoms with Crippen LogP contribution in [0.1, 0.15) is 11.3 Å². The van der Waals surface area contributed by atoms with Gasteiger partial charge < -0.3 is 19.1 Å². The minimum atomic E-state index is -0.868. The van der Waals surface area contributed by atoms with Crippen molar-refractivity contribution >= 4 is 5.82 Å². The molecule has 0 N–H and O–H groups in total. The third kappa shape index (κ3) is 3.70. The van der Waals surface area contributed by atoms with Crippen molar-refractivity contribution in [2.45, 2.75) is 26.3 Å². The Bertz CT molecular complexity index is 1190. The van der Waals surface area contributed by atoms with E-state index in [9.17, 15) is 13.6 Å². The molecule has 0 bridgehead atoms. The highest BCUT2D eigenvalue weighted by molar-refractivity contribution is 5.47. The molecule has 8 nitrogen and oxygen atoms in total. The summed E-state index contributed by atoms with van der Waals surface area (Å²) >= 11 is 0. The Morgan fingerprint density at radius 2 is 2.03 bits per heavy atom. The lowest BCUT2D eigenvalue weighted by molar-refractivity contribution is 0.108. The van der Waals surface area contributed by atoms with E-state index < -0.39 is 23.1 Å². The van der Waals surface area contributed by atoms with Gasteiger partial charge >= 0.3 is 5.69 Å². The van der Waals surface area contributed by atoms with E-state index in [2.05, 4.69) is 9.97 Å². The number of hydrogen-bond acceptors (Lipinski definition) is 7. The summed E-state index contributed by atoms with van der Waals surface area (Å²) in [5, 5.41) is 0. The Morgan fingerprint density at radius 1 is 1.23 bits per heavy atom. The first-order valence-corrected chi connectivity index (χ1v) is 9.69. The zero-order valence-corrected chi connectivity index (χ0v) is 16.5. The van der Waals surface area contributed by atoms with Crippen LogP contribution in [0.5, 0.6) is 17.4 Å². The summed E-state index contributed by atoms with van der Waals surface area (Å²) in [4.78, 5) is 22.1. The van der Waals surface area contributed by atoms with Gasteiger partial charge in [0.15, 0.2) is 17.4 Å². The summed E-state index contributed by atoms with van der Waals surface area (Å²) in [6.45, 7) is 3.25. The number of aryl methyl sites for hydroxylation is 1. The van der Waals surface area contributed by atoms with Crippen LogP contribution in [0.2, 0.25) is 0 Å². The van der Waals surface area contributed by atoms with Crippen LogP contribution in [0.15, 0.2) is 41.3 Å². The van der Waals surface area contributed by atoms with Crippen molar-refractivity contribution in [3.63, 3.8) is 0 Å². The molecule has 2 aromatic heterocycles. The molecule has 0 spiro atoms. The van der Waals surface area contributed by atoms with Gasteiger partial charge in [-0.05, 0) is 30.7 Å². The molecule has 160 valence electrons. The van der Waals surface area contributed by atoms with Gasteiger partial charge in [0.05, 0.1) is 13.2 Å². The monoisotopic (exact) mass is 428 g/mol. The number of aromatic nitrogens is 3. The molecule has 0 aliphatic carbocycles. The summed E-state index contributed by atoms with van der Waals surface area (Å²) in [6, 6.07) is 6.96. The van der Waals surface area contributed by atoms with Gasteiger partial charge in [-0.25, -0.2) is 13.6 Å². The number of nitrogens with zero attached hydrogens (tertiary/aromatic N) is 4. The molecule has 31 heavy (non-hydrogen) atoms. The Balaban J connectivity index is 1.33. The maximum atomic E-state index is 14.5. The van der Waals surface area contributed by atoms with E-state index in [0.717, 1.165) is 12.1 Å². The van der Waals surface area contributed by atoms with Crippen molar-refractivity contribution in [1.82, 2.24) is 14.5 Å². The number of ether oxygens (including phenoxy) is 3. The lowest BCUT2D eigenvalue weighted by Crippen LogP contribution is -2.25. The van der Waals surface area contributed by atoms with E-state index in [0.29, 0.717) is 31.2 Å². The highest BCUT2D eigenvalue weighted by Gasteiger charge is 2.35. The van der Waals surface area contributed by atoms with E-state index in [1.807, 2.05) is 4.90 Å². The molecule has 1 unspecified atom stereocenters. The standard InChI is InChI=1S/C21H18F2N4O4/c1-12-6-14(2-3-24-12)31-20-15(22)7-13(8-16(20)23)11-30-17-9-18-26-4-5-29-19(26)10-27(18)21(28)25-17/h2-3,6-9,19H,4-5,10-11H2,1H3. The molecule has 1 fully saturated rings. The molecule has 1 saturated heterocycles. The molecule has 2 aliphatic heterocycles. The first-order valence-electron chi connectivity index (χ1n) is 9.69. The van der Waals surface area contributed by atoms with Crippen molar-refractivity contribution in [1.29, 1.82) is 0 Å². The molecule has 10 heteroatoms. The van der Waals surface area contributed by atoms with Crippen LogP contribution in [0.4, 0.5) is 14.6 Å². The first-order chi connectivity index (χ1) is 15.0. The Labute approximate surface area is 175 Å². The average Bonchev–Trinajstić information content (AvgIpc) is 3.32. The molecular weight excluding hydrogens is 410 g/mol. The van der Waals surface area contributed by atoms with Gasteiger partial charge in [-0.15, -0.1) is 0 Å². The molecule has 1 aromatic carbocycles. The van der Waals surface area contributed by atoms with Crippen molar-refractivity contribution in [2.24, 2.45) is 0 Å². The summed E-state index contributed by atoms with van der Waals surface area (Å²) in [5.74, 6) is -1.23. The number of pyridine rings is 1. The number of halogens is 2. The quantitative estimate of drug-likeness (QED) is 0.618. The van der Waals surface area contributed by atoms with Crippen LogP contribution in [0.3, 0.4) is 0 Å². The van der Waals surface area contributed by atoms with Gasteiger partial charge in [0.25, 0.3) is 0 Å². The van der Waals surface area contributed by atoms with Crippen LogP contribution in [-0.2, 0) is 17.9 Å². The van der Waals surface area contributed by atoms with Gasteiger partial charge in [-0.1, -0.05) is 0 Å². The highest BCUT2D eigenvalue weighted by Crippen LogP contribution is 2.31. The Kier molecular flexibility index (Phi) is 4.78. The van der Waals surface area contributed by atoms with Crippen LogP contribution < -0.4 is 20.1 Å². The first kappa shape index (κ1) is 19.4. The van der Waals surface area contributed by atoms with E-state index in [-0.39, 0.29) is 30.0 Å². The third-order valence-electron chi connectivity index (χ3n) is 5.12. The number of hydrogen-bond donors (Lipinski definition) is 0. The maximum Gasteiger partial charge on any atom is 0.352 e. The zero-order valence-electron chi connectivity index (χ0n) is 16.5. The lowest BCUT2D eigenvalue weighted by atomic mass is 10.2. The second-order valence-electron chi connectivity index (χ2n) is 7.28. The number of rotatable bonds is 5. The van der Waals surface area contributed by atoms with Crippen LogP contribution in [-0.4, -0.2) is 33.9 Å². The molecule has 1 atom stereocenters. The van der Waals surface area contributed by atoms with Crippen molar-refractivity contribution in [2.75, 3.05) is 18.1 Å². The average molecular weight is 428 g/mol. The molecule has 3 aromatic rings. The minimum Gasteiger partial charge on any atom is -0.473 e. The molecule has 2 aliphatic rings. The second-order valence-corrected chi connectivity index (χ2v) is 7.28. The van der Waals surface area contributed by atoms with E-state index >= 15 is 0 Å². The molecule has 0 saturated carbocycles. The van der Waals surface area contributed by atoms with Crippen LogP contribution >= 0.6 is 0 Å². The summed E-state index contributed by atoms with van der Waals surface area (Å²) in [6.07, 6.45) is 1.32. The van der Waals surface area contributed by atoms with Crippen LogP contribution in [0.25, 0.3) is 0 Å². The van der Waals surface area contributed by atoms with Gasteiger partial charge in [0.1, 0.15) is 24.4 Å². The minimum absolute atomic E-state index is 0.0807. The largest absolute Gasteiger partial charge is 0.473 e. The van der Waals surface area contributed by atoms with Gasteiger partial charge in [-0.2, -0.15) is 4.98 Å². The molecule has 0 amide bonds. The Morgan fingerprint density at radius 3 is 2.81 bits per heavy atom. The fourth-order valence-electron chi connectivity index (χ4n) is 3.70. The fourth-order valence-corrected chi connectivity index (χ4v) is 3.70. The molecule has 0 radical (unpaired) electrons. The second kappa shape index (κ2) is 7.62. The third-order valence-corrected chi connectivity index (χ3v) is 5.12.